The van der Waals surface area contributed by atoms with Gasteiger partial charge in [-0.1, -0.05) is 24.3 Å². The number of amides is 1. The number of hydrogen-bond donors (Lipinski definition) is 1. The third kappa shape index (κ3) is 3.75. The predicted molar refractivity (Wildman–Crippen MR) is 105 cm³/mol. The number of nitrogens with one attached hydrogen (secondary N) is 1. The Morgan fingerprint density at radius 2 is 1.96 bits per heavy atom. The van der Waals surface area contributed by atoms with Gasteiger partial charge in [0.05, 0.1) is 12.1 Å². The molecule has 2 aromatic carbocycles. The molecule has 0 saturated heterocycles. The monoisotopic (exact) mass is 379 g/mol. The van der Waals surface area contributed by atoms with Crippen LogP contribution in [-0.4, -0.2) is 15.3 Å². The lowest BCUT2D eigenvalue weighted by molar-refractivity contribution is -0.120. The highest BCUT2D eigenvalue weighted by molar-refractivity contribution is 7.15. The van der Waals surface area contributed by atoms with Crippen molar-refractivity contribution in [3.8, 4) is 11.3 Å². The Morgan fingerprint density at radius 1 is 1.19 bits per heavy atom. The predicted octanol–water partition coefficient (Wildman–Crippen LogP) is 4.37. The van der Waals surface area contributed by atoms with Crippen LogP contribution in [0.3, 0.4) is 0 Å². The molecule has 4 nitrogen and oxygen atoms in total. The van der Waals surface area contributed by atoms with E-state index in [0.29, 0.717) is 6.54 Å². The van der Waals surface area contributed by atoms with Crippen molar-refractivity contribution in [2.75, 3.05) is 0 Å². The summed E-state index contributed by atoms with van der Waals surface area (Å²) in [5.74, 6) is -0.305. The molecule has 0 unspecified atom stereocenters. The lowest BCUT2D eigenvalue weighted by atomic mass is 10.1. The van der Waals surface area contributed by atoms with Gasteiger partial charge in [-0.05, 0) is 42.3 Å². The van der Waals surface area contributed by atoms with Gasteiger partial charge in [0.2, 0.25) is 5.91 Å². The molecule has 27 heavy (non-hydrogen) atoms. The van der Waals surface area contributed by atoms with Crippen LogP contribution in [-0.2, 0) is 17.8 Å². The lowest BCUT2D eigenvalue weighted by Gasteiger charge is -2.07. The number of nitrogens with zero attached hydrogens (tertiary/aromatic N) is 2. The molecular formula is C21H18FN3OS. The summed E-state index contributed by atoms with van der Waals surface area (Å²) < 4.78 is 15.0. The van der Waals surface area contributed by atoms with E-state index in [4.69, 9.17) is 0 Å². The van der Waals surface area contributed by atoms with Crippen molar-refractivity contribution in [2.24, 2.45) is 0 Å². The van der Waals surface area contributed by atoms with Crippen molar-refractivity contribution >= 4 is 22.2 Å². The fourth-order valence-electron chi connectivity index (χ4n) is 2.95. The number of thiazole rings is 1. The number of rotatable bonds is 5. The fourth-order valence-corrected chi connectivity index (χ4v) is 3.82. The number of carbonyl (C=O) groups is 1. The first-order valence-electron chi connectivity index (χ1n) is 8.63. The number of aromatic nitrogens is 2. The van der Waals surface area contributed by atoms with Gasteiger partial charge in [0.1, 0.15) is 5.82 Å². The Bertz CT molecular complexity index is 1100. The van der Waals surface area contributed by atoms with Crippen LogP contribution in [0.1, 0.15) is 16.8 Å². The second-order valence-corrected chi connectivity index (χ2v) is 7.23. The topological polar surface area (TPSA) is 46.4 Å². The third-order valence-corrected chi connectivity index (χ3v) is 5.39. The zero-order valence-electron chi connectivity index (χ0n) is 14.8. The molecule has 4 aromatic rings. The van der Waals surface area contributed by atoms with Gasteiger partial charge < -0.3 is 5.32 Å². The van der Waals surface area contributed by atoms with Crippen molar-refractivity contribution in [3.05, 3.63) is 82.7 Å². The van der Waals surface area contributed by atoms with Gasteiger partial charge in [0.25, 0.3) is 0 Å². The van der Waals surface area contributed by atoms with Crippen LogP contribution in [0.4, 0.5) is 4.39 Å². The summed E-state index contributed by atoms with van der Waals surface area (Å²) in [5.41, 5.74) is 4.78. The van der Waals surface area contributed by atoms with Crippen LogP contribution in [0.15, 0.2) is 60.1 Å². The number of fused-ring (bicyclic) bond motifs is 1. The van der Waals surface area contributed by atoms with Crippen molar-refractivity contribution in [3.63, 3.8) is 0 Å². The molecule has 1 amide bonds. The SMILES string of the molecule is Cc1ccccc1CNC(=O)Cc1csc2nc(-c3ccc(F)cc3)cn12. The van der Waals surface area contributed by atoms with Crippen LogP contribution >= 0.6 is 11.3 Å². The molecule has 0 atom stereocenters. The van der Waals surface area contributed by atoms with Gasteiger partial charge in [-0.2, -0.15) is 0 Å². The van der Waals surface area contributed by atoms with Crippen molar-refractivity contribution in [1.82, 2.24) is 14.7 Å². The third-order valence-electron chi connectivity index (χ3n) is 4.50. The zero-order chi connectivity index (χ0) is 18.8. The van der Waals surface area contributed by atoms with E-state index in [1.54, 1.807) is 12.1 Å². The number of carbonyl (C=O) groups excluding carboxylic acids is 1. The molecule has 0 fully saturated rings. The molecule has 0 radical (unpaired) electrons. The highest BCUT2D eigenvalue weighted by Crippen LogP contribution is 2.24. The Hall–Kier alpha value is -2.99. The van der Waals surface area contributed by atoms with Gasteiger partial charge in [-0.15, -0.1) is 11.3 Å². The molecular weight excluding hydrogens is 361 g/mol. The second-order valence-electron chi connectivity index (χ2n) is 6.39. The summed E-state index contributed by atoms with van der Waals surface area (Å²) in [4.78, 5) is 17.8. The van der Waals surface area contributed by atoms with E-state index < -0.39 is 0 Å². The first kappa shape index (κ1) is 17.4. The first-order valence-corrected chi connectivity index (χ1v) is 9.51. The highest BCUT2D eigenvalue weighted by atomic mass is 32.1. The second kappa shape index (κ2) is 7.32. The minimum absolute atomic E-state index is 0.0324. The van der Waals surface area contributed by atoms with E-state index >= 15 is 0 Å². The van der Waals surface area contributed by atoms with Gasteiger partial charge in [-0.3, -0.25) is 9.20 Å². The van der Waals surface area contributed by atoms with Crippen LogP contribution in [0.25, 0.3) is 16.2 Å². The Labute approximate surface area is 160 Å². The van der Waals surface area contributed by atoms with E-state index in [9.17, 15) is 9.18 Å². The van der Waals surface area contributed by atoms with Crippen LogP contribution in [0.2, 0.25) is 0 Å². The normalized spacial score (nSPS) is 11.0. The van der Waals surface area contributed by atoms with E-state index in [2.05, 4.69) is 10.3 Å². The molecule has 0 spiro atoms. The van der Waals surface area contributed by atoms with Gasteiger partial charge in [0, 0.05) is 29.4 Å². The highest BCUT2D eigenvalue weighted by Gasteiger charge is 2.13. The molecule has 6 heteroatoms. The van der Waals surface area contributed by atoms with Gasteiger partial charge in [0.15, 0.2) is 4.96 Å². The van der Waals surface area contributed by atoms with Gasteiger partial charge >= 0.3 is 0 Å². The molecule has 0 bridgehead atoms. The van der Waals surface area contributed by atoms with E-state index in [0.717, 1.165) is 33.0 Å². The van der Waals surface area contributed by atoms with Gasteiger partial charge in [-0.25, -0.2) is 9.37 Å². The maximum Gasteiger partial charge on any atom is 0.226 e. The smallest absolute Gasteiger partial charge is 0.226 e. The number of imidazole rings is 1. The average molecular weight is 379 g/mol. The Kier molecular flexibility index (Phi) is 4.73. The van der Waals surface area contributed by atoms with Crippen molar-refractivity contribution in [1.29, 1.82) is 0 Å². The largest absolute Gasteiger partial charge is 0.352 e. The van der Waals surface area contributed by atoms with E-state index in [-0.39, 0.29) is 18.1 Å². The lowest BCUT2D eigenvalue weighted by Crippen LogP contribution is -2.25. The summed E-state index contributed by atoms with van der Waals surface area (Å²) >= 11 is 1.49. The number of halogens is 1. The number of benzene rings is 2. The molecule has 136 valence electrons. The minimum Gasteiger partial charge on any atom is -0.352 e. The Morgan fingerprint density at radius 3 is 2.74 bits per heavy atom. The van der Waals surface area contributed by atoms with Crippen molar-refractivity contribution < 1.29 is 9.18 Å². The molecule has 0 saturated carbocycles. The molecule has 2 heterocycles. The molecule has 0 aliphatic carbocycles. The van der Waals surface area contributed by atoms with Crippen LogP contribution in [0, 0.1) is 12.7 Å². The molecule has 0 aliphatic rings. The summed E-state index contributed by atoms with van der Waals surface area (Å²) in [6, 6.07) is 14.3. The minimum atomic E-state index is -0.272. The van der Waals surface area contributed by atoms with Crippen LogP contribution < -0.4 is 5.32 Å². The number of hydrogen-bond acceptors (Lipinski definition) is 3. The van der Waals surface area contributed by atoms with E-state index in [1.165, 1.54) is 23.5 Å². The molecule has 2 aromatic heterocycles. The van der Waals surface area contributed by atoms with Crippen LogP contribution in [0.5, 0.6) is 0 Å². The molecule has 0 aliphatic heterocycles. The summed E-state index contributed by atoms with van der Waals surface area (Å²) in [7, 11) is 0. The standard InChI is InChI=1S/C21H18FN3OS/c1-14-4-2-3-5-16(14)11-23-20(26)10-18-13-27-21-24-19(12-25(18)21)15-6-8-17(22)9-7-15/h2-9,12-13H,10-11H2,1H3,(H,23,26). The maximum absolute atomic E-state index is 13.1. The first-order chi connectivity index (χ1) is 13.1. The number of aryl methyl sites for hydroxylation is 1. The molecule has 4 rings (SSSR count). The Balaban J connectivity index is 1.48. The van der Waals surface area contributed by atoms with E-state index in [1.807, 2.05) is 47.2 Å². The average Bonchev–Trinajstić information content (AvgIpc) is 3.24. The summed E-state index contributed by atoms with van der Waals surface area (Å²) in [6.45, 7) is 2.55. The quantitative estimate of drug-likeness (QED) is 0.560. The summed E-state index contributed by atoms with van der Waals surface area (Å²) in [5, 5.41) is 4.93. The summed E-state index contributed by atoms with van der Waals surface area (Å²) in [6.07, 6.45) is 2.17. The zero-order valence-corrected chi connectivity index (χ0v) is 15.6. The maximum atomic E-state index is 13.1. The molecule has 1 N–H and O–H groups in total. The van der Waals surface area contributed by atoms with Crippen molar-refractivity contribution in [2.45, 2.75) is 19.9 Å². The fraction of sp³-hybridized carbons (Fsp3) is 0.143.